The van der Waals surface area contributed by atoms with E-state index in [4.69, 9.17) is 9.84 Å². The van der Waals surface area contributed by atoms with Crippen LogP contribution in [0.15, 0.2) is 66.7 Å². The molecule has 6 heteroatoms. The maximum atomic E-state index is 12.1. The molecule has 30 heavy (non-hydrogen) atoms. The second-order valence-electron chi connectivity index (χ2n) is 6.69. The number of rotatable bonds is 4. The SMILES string of the molecule is O=C(NCC#Cc1cccc(C(=O)O)n1)OCC1c2ccccc2-c2ccccc21. The van der Waals surface area contributed by atoms with Gasteiger partial charge >= 0.3 is 12.1 Å². The summed E-state index contributed by atoms with van der Waals surface area (Å²) in [5, 5.41) is 11.5. The molecule has 0 fully saturated rings. The molecule has 2 N–H and O–H groups in total. The first-order valence-corrected chi connectivity index (χ1v) is 9.41. The van der Waals surface area contributed by atoms with Gasteiger partial charge in [0.15, 0.2) is 0 Å². The summed E-state index contributed by atoms with van der Waals surface area (Å²) in [6.07, 6.45) is -0.557. The molecule has 6 nitrogen and oxygen atoms in total. The van der Waals surface area contributed by atoms with Gasteiger partial charge in [0.2, 0.25) is 0 Å². The second-order valence-corrected chi connectivity index (χ2v) is 6.69. The zero-order chi connectivity index (χ0) is 20.9. The third-order valence-corrected chi connectivity index (χ3v) is 4.85. The number of fused-ring (bicyclic) bond motifs is 3. The Labute approximate surface area is 173 Å². The van der Waals surface area contributed by atoms with Crippen molar-refractivity contribution in [3.8, 4) is 23.0 Å². The highest BCUT2D eigenvalue weighted by molar-refractivity contribution is 5.85. The summed E-state index contributed by atoms with van der Waals surface area (Å²) < 4.78 is 5.43. The summed E-state index contributed by atoms with van der Waals surface area (Å²) in [6, 6.07) is 20.8. The molecule has 1 amide bonds. The number of pyridine rings is 1. The van der Waals surface area contributed by atoms with E-state index in [0.717, 1.165) is 11.1 Å². The highest BCUT2D eigenvalue weighted by Gasteiger charge is 2.28. The fourth-order valence-electron chi connectivity index (χ4n) is 3.52. The Balaban J connectivity index is 1.34. The summed E-state index contributed by atoms with van der Waals surface area (Å²) in [6.45, 7) is 0.297. The van der Waals surface area contributed by atoms with Crippen molar-refractivity contribution in [2.24, 2.45) is 0 Å². The van der Waals surface area contributed by atoms with Gasteiger partial charge in [-0.15, -0.1) is 0 Å². The molecular formula is C24H18N2O4. The lowest BCUT2D eigenvalue weighted by atomic mass is 9.98. The van der Waals surface area contributed by atoms with Crippen LogP contribution in [0.2, 0.25) is 0 Å². The molecule has 0 unspecified atom stereocenters. The lowest BCUT2D eigenvalue weighted by Crippen LogP contribution is -2.26. The molecule has 1 aromatic heterocycles. The van der Waals surface area contributed by atoms with Crippen molar-refractivity contribution in [1.29, 1.82) is 0 Å². The monoisotopic (exact) mass is 398 g/mol. The van der Waals surface area contributed by atoms with Gasteiger partial charge in [0.25, 0.3) is 0 Å². The van der Waals surface area contributed by atoms with E-state index >= 15 is 0 Å². The number of aromatic nitrogens is 1. The Kier molecular flexibility index (Phi) is 5.44. The van der Waals surface area contributed by atoms with E-state index in [-0.39, 0.29) is 24.8 Å². The zero-order valence-electron chi connectivity index (χ0n) is 16.0. The van der Waals surface area contributed by atoms with Crippen molar-refractivity contribution in [2.75, 3.05) is 13.2 Å². The Hall–Kier alpha value is -4.11. The minimum atomic E-state index is -1.12. The van der Waals surface area contributed by atoms with E-state index in [9.17, 15) is 9.59 Å². The second kappa shape index (κ2) is 8.50. The average molecular weight is 398 g/mol. The Morgan fingerprint density at radius 1 is 0.967 bits per heavy atom. The van der Waals surface area contributed by atoms with Crippen molar-refractivity contribution >= 4 is 12.1 Å². The first kappa shape index (κ1) is 19.2. The summed E-state index contributed by atoms with van der Waals surface area (Å²) in [7, 11) is 0. The molecule has 0 spiro atoms. The molecular weight excluding hydrogens is 380 g/mol. The molecule has 1 aliphatic carbocycles. The molecule has 4 rings (SSSR count). The Morgan fingerprint density at radius 2 is 1.63 bits per heavy atom. The van der Waals surface area contributed by atoms with Crippen LogP contribution in [0.25, 0.3) is 11.1 Å². The Morgan fingerprint density at radius 3 is 2.30 bits per heavy atom. The number of ether oxygens (including phenoxy) is 1. The van der Waals surface area contributed by atoms with Crippen molar-refractivity contribution in [1.82, 2.24) is 10.3 Å². The number of carbonyl (C=O) groups excluding carboxylic acids is 1. The van der Waals surface area contributed by atoms with Gasteiger partial charge in [-0.1, -0.05) is 60.5 Å². The molecule has 0 saturated heterocycles. The quantitative estimate of drug-likeness (QED) is 0.655. The van der Waals surface area contributed by atoms with E-state index in [0.29, 0.717) is 5.69 Å². The van der Waals surface area contributed by atoms with Gasteiger partial charge in [0.1, 0.15) is 18.0 Å². The van der Waals surface area contributed by atoms with Crippen LogP contribution in [0.5, 0.6) is 0 Å². The van der Waals surface area contributed by atoms with Gasteiger partial charge in [-0.3, -0.25) is 0 Å². The molecule has 3 aromatic rings. The van der Waals surface area contributed by atoms with Crippen molar-refractivity contribution in [2.45, 2.75) is 5.92 Å². The van der Waals surface area contributed by atoms with Crippen molar-refractivity contribution in [3.63, 3.8) is 0 Å². The number of aromatic carboxylic acids is 1. The normalized spacial score (nSPS) is 11.6. The fraction of sp³-hybridized carbons (Fsp3) is 0.125. The molecule has 0 saturated carbocycles. The van der Waals surface area contributed by atoms with Crippen LogP contribution < -0.4 is 5.32 Å². The number of carboxylic acids is 1. The van der Waals surface area contributed by atoms with Gasteiger partial charge in [-0.25, -0.2) is 14.6 Å². The number of carbonyl (C=O) groups is 2. The minimum absolute atomic E-state index is 0.00260. The van der Waals surface area contributed by atoms with Gasteiger partial charge in [-0.2, -0.15) is 0 Å². The van der Waals surface area contributed by atoms with Gasteiger partial charge in [-0.05, 0) is 40.3 Å². The van der Waals surface area contributed by atoms with Crippen LogP contribution in [0.3, 0.4) is 0 Å². The first-order chi connectivity index (χ1) is 14.6. The van der Waals surface area contributed by atoms with Crippen LogP contribution in [0.4, 0.5) is 4.79 Å². The highest BCUT2D eigenvalue weighted by atomic mass is 16.5. The van der Waals surface area contributed by atoms with Crippen molar-refractivity contribution < 1.29 is 19.4 Å². The number of hydrogen-bond donors (Lipinski definition) is 2. The smallest absolute Gasteiger partial charge is 0.407 e. The lowest BCUT2D eigenvalue weighted by molar-refractivity contribution is 0.0690. The maximum absolute atomic E-state index is 12.1. The molecule has 1 aliphatic rings. The molecule has 0 bridgehead atoms. The molecule has 1 heterocycles. The number of amides is 1. The highest BCUT2D eigenvalue weighted by Crippen LogP contribution is 2.44. The molecule has 0 aliphatic heterocycles. The maximum Gasteiger partial charge on any atom is 0.407 e. The third kappa shape index (κ3) is 4.01. The number of carboxylic acid groups (broad SMARTS) is 1. The first-order valence-electron chi connectivity index (χ1n) is 9.41. The number of hydrogen-bond acceptors (Lipinski definition) is 4. The van der Waals surface area contributed by atoms with Crippen LogP contribution in [-0.2, 0) is 4.74 Å². The van der Waals surface area contributed by atoms with E-state index < -0.39 is 12.1 Å². The van der Waals surface area contributed by atoms with Crippen molar-refractivity contribution in [3.05, 3.63) is 89.2 Å². The fourth-order valence-corrected chi connectivity index (χ4v) is 3.52. The van der Waals surface area contributed by atoms with E-state index in [1.807, 2.05) is 24.3 Å². The van der Waals surface area contributed by atoms with Crippen LogP contribution in [0.1, 0.15) is 33.2 Å². The molecule has 2 aromatic carbocycles. The minimum Gasteiger partial charge on any atom is -0.477 e. The van der Waals surface area contributed by atoms with Gasteiger partial charge < -0.3 is 15.2 Å². The average Bonchev–Trinajstić information content (AvgIpc) is 3.09. The summed E-state index contributed by atoms with van der Waals surface area (Å²) in [5.74, 6) is 4.35. The predicted octanol–water partition coefficient (Wildman–Crippen LogP) is 3.67. The predicted molar refractivity (Wildman–Crippen MR) is 111 cm³/mol. The molecule has 148 valence electrons. The Bertz CT molecular complexity index is 1130. The van der Waals surface area contributed by atoms with E-state index in [1.54, 1.807) is 12.1 Å². The van der Waals surface area contributed by atoms with E-state index in [2.05, 4.69) is 46.4 Å². The van der Waals surface area contributed by atoms with Crippen LogP contribution >= 0.6 is 0 Å². The third-order valence-electron chi connectivity index (χ3n) is 4.85. The van der Waals surface area contributed by atoms with E-state index in [1.165, 1.54) is 17.2 Å². The number of alkyl carbamates (subject to hydrolysis) is 1. The summed E-state index contributed by atoms with van der Waals surface area (Å²) >= 11 is 0. The van der Waals surface area contributed by atoms with Gasteiger partial charge in [0, 0.05) is 5.92 Å². The standard InChI is InChI=1S/C24H18N2O4/c27-23(28)22-13-5-7-16(26-22)8-6-14-25-24(29)30-15-21-19-11-3-1-9-17(19)18-10-2-4-12-20(18)21/h1-5,7,9-13,21H,14-15H2,(H,25,29)(H,27,28). The molecule has 0 radical (unpaired) electrons. The lowest BCUT2D eigenvalue weighted by Gasteiger charge is -2.14. The van der Waals surface area contributed by atoms with Crippen LogP contribution in [-0.4, -0.2) is 35.3 Å². The number of nitrogens with one attached hydrogen (secondary N) is 1. The number of nitrogens with zero attached hydrogens (tertiary/aromatic N) is 1. The van der Waals surface area contributed by atoms with Gasteiger partial charge in [0.05, 0.1) is 6.54 Å². The summed E-state index contributed by atoms with van der Waals surface area (Å²) in [5.41, 5.74) is 4.88. The topological polar surface area (TPSA) is 88.5 Å². The van der Waals surface area contributed by atoms with Crippen LogP contribution in [0, 0.1) is 11.8 Å². The summed E-state index contributed by atoms with van der Waals surface area (Å²) in [4.78, 5) is 26.9. The molecule has 0 atom stereocenters. The zero-order valence-corrected chi connectivity index (χ0v) is 16.0. The largest absolute Gasteiger partial charge is 0.477 e. The number of benzene rings is 2.